The van der Waals surface area contributed by atoms with Crippen LogP contribution in [-0.2, 0) is 14.3 Å². The second-order valence-corrected chi connectivity index (χ2v) is 6.61. The quantitative estimate of drug-likeness (QED) is 0.886. The highest BCUT2D eigenvalue weighted by Crippen LogP contribution is 2.33. The molecule has 2 aliphatic rings. The third-order valence-corrected chi connectivity index (χ3v) is 4.92. The third-order valence-electron chi connectivity index (χ3n) is 4.92. The summed E-state index contributed by atoms with van der Waals surface area (Å²) in [6.07, 6.45) is 1.88. The topological polar surface area (TPSA) is 67.9 Å². The number of likely N-dealkylation sites (tertiary alicyclic amines) is 1. The van der Waals surface area contributed by atoms with E-state index in [1.165, 1.54) is 25.3 Å². The van der Waals surface area contributed by atoms with Crippen LogP contribution < -0.4 is 10.1 Å². The molecule has 136 valence electrons. The molecule has 25 heavy (non-hydrogen) atoms. The Kier molecular flexibility index (Phi) is 5.53. The van der Waals surface area contributed by atoms with E-state index in [1.54, 1.807) is 4.90 Å². The number of carbonyl (C=O) groups is 2. The molecule has 7 heteroatoms. The number of nitrogens with zero attached hydrogens (tertiary/aromatic N) is 1. The number of halogens is 1. The van der Waals surface area contributed by atoms with Gasteiger partial charge in [-0.2, -0.15) is 0 Å². The van der Waals surface area contributed by atoms with Gasteiger partial charge < -0.3 is 19.7 Å². The average Bonchev–Trinajstić information content (AvgIpc) is 2.58. The fraction of sp³-hybridized carbons (Fsp3) is 0.556. The first-order valence-electron chi connectivity index (χ1n) is 8.55. The number of piperidine rings is 1. The number of fused-ring (bicyclic) bond motifs is 2. The molecule has 0 aliphatic carbocycles. The zero-order valence-electron chi connectivity index (χ0n) is 14.3. The minimum absolute atomic E-state index is 0.0239. The Morgan fingerprint density at radius 1 is 1.40 bits per heavy atom. The van der Waals surface area contributed by atoms with Gasteiger partial charge in [0.2, 0.25) is 11.8 Å². The van der Waals surface area contributed by atoms with Crippen LogP contribution in [-0.4, -0.2) is 50.1 Å². The number of methoxy groups -OCH3 is 1. The Labute approximate surface area is 146 Å². The molecule has 2 aliphatic heterocycles. The summed E-state index contributed by atoms with van der Waals surface area (Å²) in [4.78, 5) is 26.2. The Balaban J connectivity index is 1.73. The van der Waals surface area contributed by atoms with Crippen LogP contribution in [0, 0.1) is 17.7 Å². The van der Waals surface area contributed by atoms with Crippen LogP contribution in [0.1, 0.15) is 19.3 Å². The summed E-state index contributed by atoms with van der Waals surface area (Å²) in [5, 5.41) is 2.75. The van der Waals surface area contributed by atoms with E-state index in [2.05, 4.69) is 5.32 Å². The number of hydrogen-bond donors (Lipinski definition) is 1. The van der Waals surface area contributed by atoms with E-state index in [9.17, 15) is 14.0 Å². The highest BCUT2D eigenvalue weighted by molar-refractivity contribution is 5.92. The van der Waals surface area contributed by atoms with Crippen LogP contribution in [0.15, 0.2) is 18.2 Å². The Morgan fingerprint density at radius 3 is 3.04 bits per heavy atom. The van der Waals surface area contributed by atoms with E-state index in [0.717, 1.165) is 12.8 Å². The van der Waals surface area contributed by atoms with Gasteiger partial charge >= 0.3 is 0 Å². The lowest BCUT2D eigenvalue weighted by Gasteiger charge is -2.39. The molecular weight excluding hydrogens is 327 g/mol. The molecule has 1 N–H and O–H groups in total. The van der Waals surface area contributed by atoms with Crippen molar-refractivity contribution in [2.45, 2.75) is 19.3 Å². The second-order valence-electron chi connectivity index (χ2n) is 6.61. The normalized spacial score (nSPS) is 23.8. The fourth-order valence-electron chi connectivity index (χ4n) is 3.60. The van der Waals surface area contributed by atoms with Crippen LogP contribution >= 0.6 is 0 Å². The first-order valence-corrected chi connectivity index (χ1v) is 8.55. The molecule has 0 unspecified atom stereocenters. The molecule has 1 aromatic carbocycles. The van der Waals surface area contributed by atoms with Gasteiger partial charge in [-0.1, -0.05) is 0 Å². The molecule has 1 aromatic rings. The van der Waals surface area contributed by atoms with Crippen molar-refractivity contribution >= 4 is 17.5 Å². The van der Waals surface area contributed by atoms with Crippen molar-refractivity contribution in [1.29, 1.82) is 0 Å². The van der Waals surface area contributed by atoms with E-state index in [1.807, 2.05) is 0 Å². The highest BCUT2D eigenvalue weighted by Gasteiger charge is 2.33. The van der Waals surface area contributed by atoms with E-state index in [-0.39, 0.29) is 30.3 Å². The first kappa shape index (κ1) is 17.7. The molecule has 2 heterocycles. The van der Waals surface area contributed by atoms with Gasteiger partial charge in [0.25, 0.3) is 0 Å². The smallest absolute Gasteiger partial charge is 0.248 e. The van der Waals surface area contributed by atoms with E-state index in [4.69, 9.17) is 9.47 Å². The van der Waals surface area contributed by atoms with Crippen molar-refractivity contribution in [3.63, 3.8) is 0 Å². The number of nitrogens with one attached hydrogen (secondary N) is 1. The number of rotatable bonds is 2. The number of ether oxygens (including phenoxy) is 2. The van der Waals surface area contributed by atoms with Gasteiger partial charge in [-0.05, 0) is 36.8 Å². The van der Waals surface area contributed by atoms with Crippen LogP contribution in [0.25, 0.3) is 0 Å². The molecule has 1 saturated heterocycles. The molecule has 0 spiro atoms. The number of hydrogen-bond acceptors (Lipinski definition) is 4. The summed E-state index contributed by atoms with van der Waals surface area (Å²) in [6, 6.07) is 4.11. The fourth-order valence-corrected chi connectivity index (χ4v) is 3.60. The number of benzene rings is 1. The summed E-state index contributed by atoms with van der Waals surface area (Å²) >= 11 is 0. The van der Waals surface area contributed by atoms with E-state index in [0.29, 0.717) is 37.6 Å². The number of amides is 2. The summed E-state index contributed by atoms with van der Waals surface area (Å²) in [5.74, 6) is 0.264. The van der Waals surface area contributed by atoms with Gasteiger partial charge in [0.05, 0.1) is 12.3 Å². The van der Waals surface area contributed by atoms with Gasteiger partial charge in [0, 0.05) is 32.7 Å². The molecule has 2 amide bonds. The van der Waals surface area contributed by atoms with Gasteiger partial charge in [-0.3, -0.25) is 9.59 Å². The maximum Gasteiger partial charge on any atom is 0.248 e. The van der Waals surface area contributed by atoms with Gasteiger partial charge in [0.1, 0.15) is 18.2 Å². The maximum atomic E-state index is 13.4. The van der Waals surface area contributed by atoms with Gasteiger partial charge in [0.15, 0.2) is 0 Å². The van der Waals surface area contributed by atoms with Crippen molar-refractivity contribution in [2.75, 3.05) is 38.7 Å². The minimum atomic E-state index is -0.414. The van der Waals surface area contributed by atoms with Gasteiger partial charge in [-0.15, -0.1) is 0 Å². The zero-order chi connectivity index (χ0) is 17.8. The summed E-state index contributed by atoms with van der Waals surface area (Å²) < 4.78 is 24.1. The number of anilines is 1. The molecule has 0 bridgehead atoms. The van der Waals surface area contributed by atoms with Crippen LogP contribution in [0.4, 0.5) is 10.1 Å². The van der Waals surface area contributed by atoms with Crippen LogP contribution in [0.2, 0.25) is 0 Å². The monoisotopic (exact) mass is 350 g/mol. The molecular formula is C18H23FN2O4. The molecule has 2 atom stereocenters. The van der Waals surface area contributed by atoms with Crippen LogP contribution in [0.5, 0.6) is 5.75 Å². The molecule has 0 saturated carbocycles. The third kappa shape index (κ3) is 4.28. The second kappa shape index (κ2) is 7.82. The molecule has 6 nitrogen and oxygen atoms in total. The SMILES string of the molecule is COCC(=O)N1CC[C@H]2CC(=O)Nc3cc(F)ccc3OCC[C@H]2C1. The van der Waals surface area contributed by atoms with Crippen molar-refractivity contribution in [2.24, 2.45) is 11.8 Å². The van der Waals surface area contributed by atoms with Crippen molar-refractivity contribution in [3.8, 4) is 5.75 Å². The summed E-state index contributed by atoms with van der Waals surface area (Å²) in [5.41, 5.74) is 0.371. The van der Waals surface area contributed by atoms with E-state index < -0.39 is 5.82 Å². The Bertz CT molecular complexity index is 652. The first-order chi connectivity index (χ1) is 12.1. The maximum absolute atomic E-state index is 13.4. The van der Waals surface area contributed by atoms with Crippen molar-refractivity contribution < 1.29 is 23.5 Å². The minimum Gasteiger partial charge on any atom is -0.491 e. The van der Waals surface area contributed by atoms with Gasteiger partial charge in [-0.25, -0.2) is 4.39 Å². The summed E-state index contributed by atoms with van der Waals surface area (Å²) in [7, 11) is 1.51. The lowest BCUT2D eigenvalue weighted by atomic mass is 9.81. The predicted octanol–water partition coefficient (Wildman–Crippen LogP) is 2.05. The standard InChI is InChI=1S/C18H23FN2O4/c1-24-11-18(23)21-6-4-12-8-17(22)20-15-9-14(19)2-3-16(15)25-7-5-13(12)10-21/h2-3,9,12-13H,4-8,10-11H2,1H3,(H,20,22)/t12-,13-/m0/s1. The zero-order valence-corrected chi connectivity index (χ0v) is 14.3. The lowest BCUT2D eigenvalue weighted by molar-refractivity contribution is -0.138. The van der Waals surface area contributed by atoms with Crippen LogP contribution in [0.3, 0.4) is 0 Å². The molecule has 1 fully saturated rings. The Hall–Kier alpha value is -2.15. The van der Waals surface area contributed by atoms with Crippen molar-refractivity contribution in [1.82, 2.24) is 4.90 Å². The van der Waals surface area contributed by atoms with Crippen molar-refractivity contribution in [3.05, 3.63) is 24.0 Å². The summed E-state index contributed by atoms with van der Waals surface area (Å²) in [6.45, 7) is 1.78. The van der Waals surface area contributed by atoms with E-state index >= 15 is 0 Å². The largest absolute Gasteiger partial charge is 0.491 e. The number of carbonyl (C=O) groups excluding carboxylic acids is 2. The average molecular weight is 350 g/mol. The molecule has 0 radical (unpaired) electrons. The highest BCUT2D eigenvalue weighted by atomic mass is 19.1. The lowest BCUT2D eigenvalue weighted by Crippen LogP contribution is -2.46. The Morgan fingerprint density at radius 2 is 2.24 bits per heavy atom. The molecule has 3 rings (SSSR count). The predicted molar refractivity (Wildman–Crippen MR) is 89.8 cm³/mol. The molecule has 0 aromatic heterocycles.